The average Bonchev–Trinajstić information content (AvgIpc) is 2.45. The first-order valence-electron chi connectivity index (χ1n) is 7.04. The van der Waals surface area contributed by atoms with Crippen LogP contribution in [0.2, 0.25) is 0 Å². The summed E-state index contributed by atoms with van der Waals surface area (Å²) in [6.07, 6.45) is -0.575. The maximum atomic E-state index is 11.9. The maximum absolute atomic E-state index is 11.9. The third kappa shape index (κ3) is 6.37. The number of anilines is 1. The van der Waals surface area contributed by atoms with Crippen molar-refractivity contribution in [3.05, 3.63) is 29.8 Å². The van der Waals surface area contributed by atoms with Gasteiger partial charge < -0.3 is 19.7 Å². The number of rotatable bonds is 4. The van der Waals surface area contributed by atoms with Gasteiger partial charge in [0.15, 0.2) is 0 Å². The highest BCUT2D eigenvalue weighted by Crippen LogP contribution is 2.11. The fraction of sp³-hybridized carbons (Fsp3) is 0.438. The van der Waals surface area contributed by atoms with E-state index in [0.717, 1.165) is 0 Å². The Labute approximate surface area is 135 Å². The highest BCUT2D eigenvalue weighted by atomic mass is 16.6. The summed E-state index contributed by atoms with van der Waals surface area (Å²) in [7, 11) is 2.78. The minimum atomic E-state index is -0.620. The summed E-state index contributed by atoms with van der Waals surface area (Å²) in [5, 5.41) is 2.63. The fourth-order valence-corrected chi connectivity index (χ4v) is 1.63. The van der Waals surface area contributed by atoms with E-state index < -0.39 is 17.7 Å². The van der Waals surface area contributed by atoms with Crippen LogP contribution in [0.5, 0.6) is 0 Å². The van der Waals surface area contributed by atoms with Gasteiger partial charge in [-0.1, -0.05) is 0 Å². The molecule has 1 N–H and O–H groups in total. The van der Waals surface area contributed by atoms with Crippen LogP contribution < -0.4 is 5.32 Å². The lowest BCUT2D eigenvalue weighted by atomic mass is 10.2. The van der Waals surface area contributed by atoms with Crippen LogP contribution in [0.3, 0.4) is 0 Å². The molecule has 0 aliphatic rings. The van der Waals surface area contributed by atoms with Crippen molar-refractivity contribution < 1.29 is 23.9 Å². The first-order chi connectivity index (χ1) is 10.6. The van der Waals surface area contributed by atoms with Gasteiger partial charge in [0, 0.05) is 12.7 Å². The lowest BCUT2D eigenvalue weighted by Crippen LogP contribution is -2.38. The Bertz CT molecular complexity index is 575. The molecule has 0 spiro atoms. The van der Waals surface area contributed by atoms with Crippen molar-refractivity contribution in [2.45, 2.75) is 26.4 Å². The Morgan fingerprint density at radius 3 is 2.17 bits per heavy atom. The van der Waals surface area contributed by atoms with Gasteiger partial charge in [0.2, 0.25) is 5.91 Å². The number of carbonyl (C=O) groups is 3. The fourth-order valence-electron chi connectivity index (χ4n) is 1.63. The van der Waals surface area contributed by atoms with E-state index >= 15 is 0 Å². The summed E-state index contributed by atoms with van der Waals surface area (Å²) in [4.78, 5) is 36.2. The molecule has 1 aromatic rings. The van der Waals surface area contributed by atoms with Gasteiger partial charge in [0.25, 0.3) is 0 Å². The highest BCUT2D eigenvalue weighted by molar-refractivity contribution is 5.95. The quantitative estimate of drug-likeness (QED) is 0.860. The number of amides is 2. The number of nitrogens with one attached hydrogen (secondary N) is 1. The van der Waals surface area contributed by atoms with Crippen LogP contribution in [0.1, 0.15) is 31.1 Å². The second-order valence-electron chi connectivity index (χ2n) is 5.95. The maximum Gasteiger partial charge on any atom is 0.410 e. The van der Waals surface area contributed by atoms with Crippen molar-refractivity contribution >= 4 is 23.7 Å². The first kappa shape index (κ1) is 18.5. The number of likely N-dealkylation sites (N-methyl/N-ethyl adjacent to an activating group) is 1. The molecule has 0 radical (unpaired) electrons. The molecule has 0 heterocycles. The van der Waals surface area contributed by atoms with Gasteiger partial charge in [-0.05, 0) is 45.0 Å². The molecule has 0 atom stereocenters. The number of carbonyl (C=O) groups excluding carboxylic acids is 3. The molecule has 0 unspecified atom stereocenters. The smallest absolute Gasteiger partial charge is 0.410 e. The molecular weight excluding hydrogens is 300 g/mol. The predicted molar refractivity (Wildman–Crippen MR) is 85.3 cm³/mol. The van der Waals surface area contributed by atoms with Gasteiger partial charge in [0.1, 0.15) is 12.1 Å². The van der Waals surface area contributed by atoms with Crippen molar-refractivity contribution in [3.8, 4) is 0 Å². The van der Waals surface area contributed by atoms with E-state index in [-0.39, 0.29) is 12.5 Å². The van der Waals surface area contributed by atoms with E-state index in [4.69, 9.17) is 4.74 Å². The molecule has 0 bridgehead atoms. The van der Waals surface area contributed by atoms with Crippen molar-refractivity contribution in [2.24, 2.45) is 0 Å². The van der Waals surface area contributed by atoms with Crippen LogP contribution in [0, 0.1) is 0 Å². The van der Waals surface area contributed by atoms with Gasteiger partial charge >= 0.3 is 12.1 Å². The zero-order valence-corrected chi connectivity index (χ0v) is 14.0. The van der Waals surface area contributed by atoms with Crippen molar-refractivity contribution in [1.29, 1.82) is 0 Å². The number of benzene rings is 1. The molecule has 2 amide bonds. The molecule has 0 saturated heterocycles. The highest BCUT2D eigenvalue weighted by Gasteiger charge is 2.21. The predicted octanol–water partition coefficient (Wildman–Crippen LogP) is 2.28. The molecule has 23 heavy (non-hydrogen) atoms. The van der Waals surface area contributed by atoms with Crippen LogP contribution in [0.15, 0.2) is 24.3 Å². The van der Waals surface area contributed by atoms with Gasteiger partial charge in [0.05, 0.1) is 12.7 Å². The van der Waals surface area contributed by atoms with Crippen LogP contribution in [0.4, 0.5) is 10.5 Å². The third-order valence-corrected chi connectivity index (χ3v) is 2.68. The second-order valence-corrected chi connectivity index (χ2v) is 5.95. The molecule has 7 nitrogen and oxygen atoms in total. The van der Waals surface area contributed by atoms with E-state index in [1.165, 1.54) is 19.1 Å². The topological polar surface area (TPSA) is 84.9 Å². The van der Waals surface area contributed by atoms with Crippen LogP contribution >= 0.6 is 0 Å². The molecule has 0 fully saturated rings. The number of nitrogens with zero attached hydrogens (tertiary/aromatic N) is 1. The summed E-state index contributed by atoms with van der Waals surface area (Å²) in [5.41, 5.74) is 0.280. The van der Waals surface area contributed by atoms with E-state index in [9.17, 15) is 14.4 Å². The van der Waals surface area contributed by atoms with Gasteiger partial charge in [-0.2, -0.15) is 0 Å². The SMILES string of the molecule is COC(=O)c1ccc(NC(=O)CN(C)C(=O)OC(C)(C)C)cc1. The van der Waals surface area contributed by atoms with Crippen LogP contribution in [-0.2, 0) is 14.3 Å². The second kappa shape index (κ2) is 7.62. The van der Waals surface area contributed by atoms with Crippen molar-refractivity contribution in [2.75, 3.05) is 26.0 Å². The lowest BCUT2D eigenvalue weighted by Gasteiger charge is -2.24. The van der Waals surface area contributed by atoms with Gasteiger partial charge in [-0.3, -0.25) is 4.79 Å². The third-order valence-electron chi connectivity index (χ3n) is 2.68. The molecule has 0 aliphatic carbocycles. The lowest BCUT2D eigenvalue weighted by molar-refractivity contribution is -0.117. The van der Waals surface area contributed by atoms with E-state index in [2.05, 4.69) is 10.1 Å². The Morgan fingerprint density at radius 1 is 1.13 bits per heavy atom. The molecule has 0 saturated carbocycles. The standard InChI is InChI=1S/C16H22N2O5/c1-16(2,3)23-15(21)18(4)10-13(19)17-12-8-6-11(7-9-12)14(20)22-5/h6-9H,10H2,1-5H3,(H,17,19). The molecule has 1 aromatic carbocycles. The molecule has 7 heteroatoms. The van der Waals surface area contributed by atoms with E-state index in [0.29, 0.717) is 11.3 Å². The molecule has 126 valence electrons. The number of ether oxygens (including phenoxy) is 2. The Kier molecular flexibility index (Phi) is 6.12. The largest absolute Gasteiger partial charge is 0.465 e. The summed E-state index contributed by atoms with van der Waals surface area (Å²) in [5.74, 6) is -0.822. The van der Waals surface area contributed by atoms with Crippen molar-refractivity contribution in [3.63, 3.8) is 0 Å². The summed E-state index contributed by atoms with van der Waals surface area (Å²) >= 11 is 0. The minimum absolute atomic E-state index is 0.145. The van der Waals surface area contributed by atoms with Crippen molar-refractivity contribution in [1.82, 2.24) is 4.90 Å². The summed E-state index contributed by atoms with van der Waals surface area (Å²) in [6, 6.07) is 6.24. The minimum Gasteiger partial charge on any atom is -0.465 e. The number of methoxy groups -OCH3 is 1. The normalized spacial score (nSPS) is 10.7. The molecule has 0 aliphatic heterocycles. The summed E-state index contributed by atoms with van der Waals surface area (Å²) < 4.78 is 9.75. The van der Waals surface area contributed by atoms with Crippen LogP contribution in [-0.4, -0.2) is 49.2 Å². The average molecular weight is 322 g/mol. The zero-order chi connectivity index (χ0) is 17.6. The Balaban J connectivity index is 2.56. The summed E-state index contributed by atoms with van der Waals surface area (Å²) in [6.45, 7) is 5.11. The van der Waals surface area contributed by atoms with Gasteiger partial charge in [-0.15, -0.1) is 0 Å². The zero-order valence-electron chi connectivity index (χ0n) is 14.0. The molecule has 1 rings (SSSR count). The Hall–Kier alpha value is -2.57. The molecular formula is C16H22N2O5. The number of hydrogen-bond acceptors (Lipinski definition) is 5. The van der Waals surface area contributed by atoms with Gasteiger partial charge in [-0.25, -0.2) is 9.59 Å². The first-order valence-corrected chi connectivity index (χ1v) is 7.04. The van der Waals surface area contributed by atoms with Crippen LogP contribution in [0.25, 0.3) is 0 Å². The number of hydrogen-bond donors (Lipinski definition) is 1. The Morgan fingerprint density at radius 2 is 1.70 bits per heavy atom. The number of esters is 1. The monoisotopic (exact) mass is 322 g/mol. The molecule has 0 aromatic heterocycles. The van der Waals surface area contributed by atoms with E-state index in [1.807, 2.05) is 0 Å². The van der Waals surface area contributed by atoms with E-state index in [1.54, 1.807) is 45.0 Å².